The van der Waals surface area contributed by atoms with Gasteiger partial charge in [0.05, 0.1) is 12.2 Å². The van der Waals surface area contributed by atoms with Gasteiger partial charge in [-0.25, -0.2) is 0 Å². The van der Waals surface area contributed by atoms with Crippen LogP contribution in [0.1, 0.15) is 46.4 Å². The molecule has 2 N–H and O–H groups in total. The number of carbonyl (C=O) groups excluding carboxylic acids is 2. The molecule has 0 saturated carbocycles. The average molecular weight is 469 g/mol. The Morgan fingerprint density at radius 3 is 1.47 bits per heavy atom. The van der Waals surface area contributed by atoms with Crippen LogP contribution >= 0.6 is 0 Å². The first-order chi connectivity index (χ1) is 16.7. The molecule has 2 unspecified atom stereocenters. The molecule has 182 valence electrons. The minimum absolute atomic E-state index is 0.154. The van der Waals surface area contributed by atoms with Crippen LogP contribution in [0.15, 0.2) is 48.5 Å². The van der Waals surface area contributed by atoms with Gasteiger partial charge in [0.2, 0.25) is 0 Å². The van der Waals surface area contributed by atoms with E-state index in [1.54, 1.807) is 48.5 Å². The summed E-state index contributed by atoms with van der Waals surface area (Å²) in [5.74, 6) is 1.02. The lowest BCUT2D eigenvalue weighted by Crippen LogP contribution is -2.34. The molecule has 2 aromatic carbocycles. The quantitative estimate of drug-likeness (QED) is 0.493. The van der Waals surface area contributed by atoms with E-state index >= 15 is 0 Å². The molecule has 0 spiro atoms. The molecule has 2 amide bonds. The Bertz CT molecular complexity index is 842. The number of ether oxygens (including phenoxy) is 4. The first-order valence-corrected chi connectivity index (χ1v) is 11.9. The molecule has 2 aromatic rings. The summed E-state index contributed by atoms with van der Waals surface area (Å²) in [6, 6.07) is 14.0. The van der Waals surface area contributed by atoms with Crippen molar-refractivity contribution in [1.82, 2.24) is 10.6 Å². The van der Waals surface area contributed by atoms with Crippen LogP contribution in [0, 0.1) is 0 Å². The van der Waals surface area contributed by atoms with Crippen LogP contribution in [0.25, 0.3) is 0 Å². The molecule has 34 heavy (non-hydrogen) atoms. The van der Waals surface area contributed by atoms with Crippen LogP contribution in [-0.4, -0.2) is 63.5 Å². The molecule has 4 rings (SSSR count). The van der Waals surface area contributed by atoms with Gasteiger partial charge in [0.25, 0.3) is 11.8 Å². The zero-order valence-electron chi connectivity index (χ0n) is 19.3. The Labute approximate surface area is 199 Å². The predicted octanol–water partition coefficient (Wildman–Crippen LogP) is 2.96. The molecular formula is C26H32N2O6. The van der Waals surface area contributed by atoms with Crippen molar-refractivity contribution >= 4 is 11.8 Å². The molecule has 2 saturated heterocycles. The van der Waals surface area contributed by atoms with Gasteiger partial charge in [0, 0.05) is 37.4 Å². The van der Waals surface area contributed by atoms with Crippen molar-refractivity contribution in [2.24, 2.45) is 0 Å². The van der Waals surface area contributed by atoms with Crippen LogP contribution < -0.4 is 20.1 Å². The zero-order chi connectivity index (χ0) is 23.6. The summed E-state index contributed by atoms with van der Waals surface area (Å²) < 4.78 is 22.5. The van der Waals surface area contributed by atoms with Gasteiger partial charge in [-0.15, -0.1) is 0 Å². The predicted molar refractivity (Wildman–Crippen MR) is 126 cm³/mol. The number of carbonyl (C=O) groups is 2. The summed E-state index contributed by atoms with van der Waals surface area (Å²) in [5.41, 5.74) is 1.07. The second-order valence-electron chi connectivity index (χ2n) is 8.45. The van der Waals surface area contributed by atoms with Crippen molar-refractivity contribution < 1.29 is 28.5 Å². The first kappa shape index (κ1) is 24.0. The Hall–Kier alpha value is -3.10. The largest absolute Gasteiger partial charge is 0.491 e. The van der Waals surface area contributed by atoms with Gasteiger partial charge in [0.15, 0.2) is 0 Å². The van der Waals surface area contributed by atoms with Crippen molar-refractivity contribution in [2.45, 2.75) is 37.9 Å². The molecular weight excluding hydrogens is 436 g/mol. The maximum atomic E-state index is 12.3. The SMILES string of the molecule is O=C(NCCNC(=O)c1ccc(OCC2CCCO2)cc1)c1ccc(OCC2CCCO2)cc1. The first-order valence-electron chi connectivity index (χ1n) is 11.9. The second kappa shape index (κ2) is 12.4. The van der Waals surface area contributed by atoms with E-state index in [1.165, 1.54) is 0 Å². The highest BCUT2D eigenvalue weighted by molar-refractivity contribution is 5.95. The lowest BCUT2D eigenvalue weighted by molar-refractivity contribution is 0.0679. The number of amides is 2. The Morgan fingerprint density at radius 1 is 0.706 bits per heavy atom. The highest BCUT2D eigenvalue weighted by Gasteiger charge is 2.17. The average Bonchev–Trinajstić information content (AvgIpc) is 3.59. The topological polar surface area (TPSA) is 95.1 Å². The van der Waals surface area contributed by atoms with Gasteiger partial charge in [-0.3, -0.25) is 9.59 Å². The summed E-state index contributed by atoms with van der Waals surface area (Å²) in [6.07, 6.45) is 4.50. The number of hydrogen-bond acceptors (Lipinski definition) is 6. The molecule has 0 aliphatic carbocycles. The van der Waals surface area contributed by atoms with Gasteiger partial charge in [-0.2, -0.15) is 0 Å². The third-order valence-corrected chi connectivity index (χ3v) is 5.85. The molecule has 2 aliphatic rings. The van der Waals surface area contributed by atoms with Crippen molar-refractivity contribution in [3.05, 3.63) is 59.7 Å². The number of hydrogen-bond donors (Lipinski definition) is 2. The van der Waals surface area contributed by atoms with E-state index in [-0.39, 0.29) is 24.0 Å². The molecule has 0 aromatic heterocycles. The maximum Gasteiger partial charge on any atom is 0.251 e. The van der Waals surface area contributed by atoms with E-state index in [0.717, 1.165) is 38.9 Å². The molecule has 2 fully saturated rings. The van der Waals surface area contributed by atoms with Gasteiger partial charge >= 0.3 is 0 Å². The number of rotatable bonds is 11. The second-order valence-corrected chi connectivity index (χ2v) is 8.45. The molecule has 2 atom stereocenters. The molecule has 2 aliphatic heterocycles. The summed E-state index contributed by atoms with van der Waals surface area (Å²) >= 11 is 0. The highest BCUT2D eigenvalue weighted by atomic mass is 16.5. The van der Waals surface area contributed by atoms with Crippen LogP contribution in [0.2, 0.25) is 0 Å². The van der Waals surface area contributed by atoms with E-state index < -0.39 is 0 Å². The van der Waals surface area contributed by atoms with Crippen molar-refractivity contribution in [3.8, 4) is 11.5 Å². The van der Waals surface area contributed by atoms with Gasteiger partial charge < -0.3 is 29.6 Å². The van der Waals surface area contributed by atoms with Crippen LogP contribution in [0.4, 0.5) is 0 Å². The van der Waals surface area contributed by atoms with E-state index in [4.69, 9.17) is 18.9 Å². The van der Waals surface area contributed by atoms with Crippen LogP contribution in [-0.2, 0) is 9.47 Å². The van der Waals surface area contributed by atoms with Gasteiger partial charge in [-0.05, 0) is 74.2 Å². The molecule has 8 nitrogen and oxygen atoms in total. The molecule has 8 heteroatoms. The standard InChI is InChI=1S/C26H32N2O6/c29-25(19-5-9-21(10-6-19)33-17-23-3-1-15-31-23)27-13-14-28-26(30)20-7-11-22(12-8-20)34-18-24-4-2-16-32-24/h5-12,23-24H,1-4,13-18H2,(H,27,29)(H,28,30). The Kier molecular flexibility index (Phi) is 8.76. The minimum Gasteiger partial charge on any atom is -0.491 e. The molecule has 0 radical (unpaired) electrons. The minimum atomic E-state index is -0.201. The fourth-order valence-corrected chi connectivity index (χ4v) is 3.89. The Morgan fingerprint density at radius 2 is 1.12 bits per heavy atom. The van der Waals surface area contributed by atoms with E-state index in [0.29, 0.717) is 48.9 Å². The van der Waals surface area contributed by atoms with E-state index in [1.807, 2.05) is 0 Å². The fraction of sp³-hybridized carbons (Fsp3) is 0.462. The summed E-state index contributed by atoms with van der Waals surface area (Å²) in [4.78, 5) is 24.6. The van der Waals surface area contributed by atoms with Crippen molar-refractivity contribution in [2.75, 3.05) is 39.5 Å². The molecule has 0 bridgehead atoms. The highest BCUT2D eigenvalue weighted by Crippen LogP contribution is 2.18. The number of nitrogens with one attached hydrogen (secondary N) is 2. The monoisotopic (exact) mass is 468 g/mol. The van der Waals surface area contributed by atoms with Crippen LogP contribution in [0.3, 0.4) is 0 Å². The zero-order valence-corrected chi connectivity index (χ0v) is 19.3. The van der Waals surface area contributed by atoms with Crippen LogP contribution in [0.5, 0.6) is 11.5 Å². The summed E-state index contributed by atoms with van der Waals surface area (Å²) in [7, 11) is 0. The number of benzene rings is 2. The summed E-state index contributed by atoms with van der Waals surface area (Å²) in [6.45, 7) is 3.29. The lowest BCUT2D eigenvalue weighted by Gasteiger charge is -2.12. The fourth-order valence-electron chi connectivity index (χ4n) is 3.89. The van der Waals surface area contributed by atoms with Gasteiger partial charge in [0.1, 0.15) is 24.7 Å². The van der Waals surface area contributed by atoms with E-state index in [9.17, 15) is 9.59 Å². The summed E-state index contributed by atoms with van der Waals surface area (Å²) in [5, 5.41) is 5.62. The lowest BCUT2D eigenvalue weighted by atomic mass is 10.2. The van der Waals surface area contributed by atoms with Crippen molar-refractivity contribution in [1.29, 1.82) is 0 Å². The van der Waals surface area contributed by atoms with Crippen molar-refractivity contribution in [3.63, 3.8) is 0 Å². The van der Waals surface area contributed by atoms with E-state index in [2.05, 4.69) is 10.6 Å². The third kappa shape index (κ3) is 7.20. The third-order valence-electron chi connectivity index (χ3n) is 5.85. The Balaban J connectivity index is 1.12. The maximum absolute atomic E-state index is 12.3. The molecule has 2 heterocycles. The smallest absolute Gasteiger partial charge is 0.251 e. The normalized spacial score (nSPS) is 19.5. The van der Waals surface area contributed by atoms with Gasteiger partial charge in [-0.1, -0.05) is 0 Å².